The Bertz CT molecular complexity index is 359. The molecule has 0 spiro atoms. The van der Waals surface area contributed by atoms with Gasteiger partial charge in [0.1, 0.15) is 5.82 Å². The van der Waals surface area contributed by atoms with Crippen molar-refractivity contribution in [3.63, 3.8) is 0 Å². The number of hydrogen-bond donors (Lipinski definition) is 1. The molecule has 2 rings (SSSR count). The smallest absolute Gasteiger partial charge is 0.137 e. The molecule has 1 fully saturated rings. The zero-order chi connectivity index (χ0) is 10.8. The lowest BCUT2D eigenvalue weighted by Crippen LogP contribution is -2.29. The standard InChI is InChI=1S/C12H15BrFN/c1-8-4-5-10(14)12(13)11(8)9-3-2-6-15-7-9/h4-5,9,15H,2-3,6-7H2,1H3. The Morgan fingerprint density at radius 3 is 2.93 bits per heavy atom. The minimum absolute atomic E-state index is 0.152. The van der Waals surface area contributed by atoms with E-state index >= 15 is 0 Å². The minimum Gasteiger partial charge on any atom is -0.316 e. The first-order valence-corrected chi connectivity index (χ1v) is 6.14. The maximum atomic E-state index is 13.4. The second-order valence-electron chi connectivity index (χ2n) is 4.14. The first kappa shape index (κ1) is 11.1. The summed E-state index contributed by atoms with van der Waals surface area (Å²) in [6.45, 7) is 4.10. The number of piperidine rings is 1. The Hall–Kier alpha value is -0.410. The van der Waals surface area contributed by atoms with E-state index in [1.54, 1.807) is 0 Å². The van der Waals surface area contributed by atoms with Gasteiger partial charge in [-0.1, -0.05) is 6.07 Å². The van der Waals surface area contributed by atoms with Crippen molar-refractivity contribution in [2.45, 2.75) is 25.7 Å². The molecule has 1 atom stereocenters. The van der Waals surface area contributed by atoms with Crippen LogP contribution in [0.4, 0.5) is 4.39 Å². The van der Waals surface area contributed by atoms with Crippen LogP contribution in [-0.4, -0.2) is 13.1 Å². The van der Waals surface area contributed by atoms with Crippen LogP contribution in [0, 0.1) is 12.7 Å². The van der Waals surface area contributed by atoms with Crippen molar-refractivity contribution in [2.24, 2.45) is 0 Å². The summed E-state index contributed by atoms with van der Waals surface area (Å²) in [5.74, 6) is 0.296. The van der Waals surface area contributed by atoms with Gasteiger partial charge in [0.2, 0.25) is 0 Å². The average molecular weight is 272 g/mol. The van der Waals surface area contributed by atoms with E-state index in [2.05, 4.69) is 21.2 Å². The predicted octanol–water partition coefficient (Wildman–Crippen LogP) is 3.36. The second kappa shape index (κ2) is 4.62. The third-order valence-electron chi connectivity index (χ3n) is 3.06. The lowest BCUT2D eigenvalue weighted by molar-refractivity contribution is 0.457. The monoisotopic (exact) mass is 271 g/mol. The maximum Gasteiger partial charge on any atom is 0.137 e. The van der Waals surface area contributed by atoms with Crippen LogP contribution in [0.2, 0.25) is 0 Å². The molecule has 0 amide bonds. The first-order valence-electron chi connectivity index (χ1n) is 5.35. The first-order chi connectivity index (χ1) is 7.20. The van der Waals surface area contributed by atoms with E-state index in [0.717, 1.165) is 25.1 Å². The van der Waals surface area contributed by atoms with Crippen molar-refractivity contribution in [3.8, 4) is 0 Å². The zero-order valence-electron chi connectivity index (χ0n) is 8.82. The highest BCUT2D eigenvalue weighted by Crippen LogP contribution is 2.33. The molecule has 1 aromatic carbocycles. The molecule has 0 aromatic heterocycles. The van der Waals surface area contributed by atoms with E-state index in [0.29, 0.717) is 10.4 Å². The van der Waals surface area contributed by atoms with Gasteiger partial charge in [-0.15, -0.1) is 0 Å². The van der Waals surface area contributed by atoms with E-state index in [4.69, 9.17) is 0 Å². The van der Waals surface area contributed by atoms with Gasteiger partial charge in [-0.2, -0.15) is 0 Å². The van der Waals surface area contributed by atoms with E-state index in [-0.39, 0.29) is 5.82 Å². The molecular formula is C12H15BrFN. The second-order valence-corrected chi connectivity index (χ2v) is 4.93. The van der Waals surface area contributed by atoms with Gasteiger partial charge in [0, 0.05) is 6.54 Å². The average Bonchev–Trinajstić information content (AvgIpc) is 2.26. The molecule has 1 aromatic rings. The fourth-order valence-corrected chi connectivity index (χ4v) is 3.03. The molecule has 0 aliphatic carbocycles. The van der Waals surface area contributed by atoms with E-state index < -0.39 is 0 Å². The quantitative estimate of drug-likeness (QED) is 0.826. The van der Waals surface area contributed by atoms with E-state index in [1.807, 2.05) is 13.0 Å². The highest BCUT2D eigenvalue weighted by molar-refractivity contribution is 9.10. The predicted molar refractivity (Wildman–Crippen MR) is 63.7 cm³/mol. The van der Waals surface area contributed by atoms with Crippen molar-refractivity contribution in [1.82, 2.24) is 5.32 Å². The Morgan fingerprint density at radius 2 is 2.27 bits per heavy atom. The van der Waals surface area contributed by atoms with Crippen LogP contribution in [0.1, 0.15) is 29.9 Å². The summed E-state index contributed by atoms with van der Waals surface area (Å²) in [5, 5.41) is 3.36. The molecular weight excluding hydrogens is 257 g/mol. The summed E-state index contributed by atoms with van der Waals surface area (Å²) in [5.41, 5.74) is 2.32. The molecule has 1 aliphatic rings. The molecule has 0 radical (unpaired) electrons. The van der Waals surface area contributed by atoms with Crippen molar-refractivity contribution in [3.05, 3.63) is 33.5 Å². The van der Waals surface area contributed by atoms with Crippen LogP contribution >= 0.6 is 15.9 Å². The van der Waals surface area contributed by atoms with Gasteiger partial charge in [0.15, 0.2) is 0 Å². The van der Waals surface area contributed by atoms with E-state index in [9.17, 15) is 4.39 Å². The molecule has 0 saturated carbocycles. The topological polar surface area (TPSA) is 12.0 Å². The SMILES string of the molecule is Cc1ccc(F)c(Br)c1C1CCCNC1. The number of aryl methyl sites for hydroxylation is 1. The van der Waals surface area contributed by atoms with Crippen molar-refractivity contribution < 1.29 is 4.39 Å². The van der Waals surface area contributed by atoms with Crippen LogP contribution in [0.15, 0.2) is 16.6 Å². The number of hydrogen-bond acceptors (Lipinski definition) is 1. The summed E-state index contributed by atoms with van der Waals surface area (Å²) in [6, 6.07) is 3.39. The van der Waals surface area contributed by atoms with Gasteiger partial charge in [-0.25, -0.2) is 4.39 Å². The summed E-state index contributed by atoms with van der Waals surface area (Å²) in [7, 11) is 0. The summed E-state index contributed by atoms with van der Waals surface area (Å²) < 4.78 is 14.1. The van der Waals surface area contributed by atoms with Crippen molar-refractivity contribution in [2.75, 3.05) is 13.1 Å². The largest absolute Gasteiger partial charge is 0.316 e. The fourth-order valence-electron chi connectivity index (χ4n) is 2.26. The Morgan fingerprint density at radius 1 is 1.47 bits per heavy atom. The maximum absolute atomic E-state index is 13.4. The van der Waals surface area contributed by atoms with Crippen LogP contribution in [0.3, 0.4) is 0 Å². The summed E-state index contributed by atoms with van der Waals surface area (Å²) >= 11 is 3.36. The van der Waals surface area contributed by atoms with Gasteiger partial charge in [-0.3, -0.25) is 0 Å². The minimum atomic E-state index is -0.152. The van der Waals surface area contributed by atoms with Gasteiger partial charge in [-0.05, 0) is 65.4 Å². The number of nitrogens with one attached hydrogen (secondary N) is 1. The van der Waals surface area contributed by atoms with Crippen LogP contribution in [0.5, 0.6) is 0 Å². The highest BCUT2D eigenvalue weighted by Gasteiger charge is 2.20. The molecule has 1 aliphatic heterocycles. The molecule has 0 bridgehead atoms. The van der Waals surface area contributed by atoms with Crippen molar-refractivity contribution >= 4 is 15.9 Å². The molecule has 15 heavy (non-hydrogen) atoms. The lowest BCUT2D eigenvalue weighted by Gasteiger charge is -2.25. The van der Waals surface area contributed by atoms with Gasteiger partial charge < -0.3 is 5.32 Å². The van der Waals surface area contributed by atoms with Crippen LogP contribution in [-0.2, 0) is 0 Å². The number of benzene rings is 1. The van der Waals surface area contributed by atoms with E-state index in [1.165, 1.54) is 18.1 Å². The Balaban J connectivity index is 2.36. The molecule has 1 heterocycles. The number of rotatable bonds is 1. The molecule has 1 unspecified atom stereocenters. The van der Waals surface area contributed by atoms with Gasteiger partial charge in [0.05, 0.1) is 4.47 Å². The molecule has 1 saturated heterocycles. The molecule has 3 heteroatoms. The molecule has 1 nitrogen and oxygen atoms in total. The van der Waals surface area contributed by atoms with Gasteiger partial charge in [0.25, 0.3) is 0 Å². The van der Waals surface area contributed by atoms with Crippen LogP contribution < -0.4 is 5.32 Å². The highest BCUT2D eigenvalue weighted by atomic mass is 79.9. The summed E-state index contributed by atoms with van der Waals surface area (Å²) in [6.07, 6.45) is 2.32. The normalized spacial score (nSPS) is 21.7. The Kier molecular flexibility index (Phi) is 3.42. The molecule has 82 valence electrons. The third-order valence-corrected chi connectivity index (χ3v) is 3.86. The van der Waals surface area contributed by atoms with Crippen LogP contribution in [0.25, 0.3) is 0 Å². The molecule has 1 N–H and O–H groups in total. The number of halogens is 2. The van der Waals surface area contributed by atoms with Crippen molar-refractivity contribution in [1.29, 1.82) is 0 Å². The third kappa shape index (κ3) is 2.23. The summed E-state index contributed by atoms with van der Waals surface area (Å²) in [4.78, 5) is 0. The van der Waals surface area contributed by atoms with Gasteiger partial charge >= 0.3 is 0 Å². The zero-order valence-corrected chi connectivity index (χ0v) is 10.4. The Labute approximate surface area is 98.2 Å². The fraction of sp³-hybridized carbons (Fsp3) is 0.500. The lowest BCUT2D eigenvalue weighted by atomic mass is 9.89.